The van der Waals surface area contributed by atoms with Crippen LogP contribution in [0.4, 0.5) is 5.69 Å². The molecule has 0 spiro atoms. The first-order valence-corrected chi connectivity index (χ1v) is 7.99. The molecular formula is C17H21NO2S. The summed E-state index contributed by atoms with van der Waals surface area (Å²) in [6, 6.07) is 7.37. The summed E-state index contributed by atoms with van der Waals surface area (Å²) in [5.41, 5.74) is 2.46. The minimum absolute atomic E-state index is 0.111. The van der Waals surface area contributed by atoms with Gasteiger partial charge in [-0.05, 0) is 46.5 Å². The predicted molar refractivity (Wildman–Crippen MR) is 88.6 cm³/mol. The lowest BCUT2D eigenvalue weighted by Crippen LogP contribution is -2.11. The Balaban J connectivity index is 2.37. The van der Waals surface area contributed by atoms with E-state index < -0.39 is 0 Å². The van der Waals surface area contributed by atoms with Gasteiger partial charge in [-0.25, -0.2) is 0 Å². The van der Waals surface area contributed by atoms with Crippen LogP contribution in [0.2, 0.25) is 0 Å². The van der Waals surface area contributed by atoms with Crippen LogP contribution < -0.4 is 5.32 Å². The van der Waals surface area contributed by atoms with Gasteiger partial charge in [-0.1, -0.05) is 33.8 Å². The van der Waals surface area contributed by atoms with E-state index >= 15 is 0 Å². The van der Waals surface area contributed by atoms with E-state index in [2.05, 4.69) is 5.32 Å². The molecule has 2 N–H and O–H groups in total. The molecule has 0 saturated heterocycles. The number of hydrogen-bond donors (Lipinski definition) is 2. The largest absolute Gasteiger partial charge is 0.507 e. The van der Waals surface area contributed by atoms with Crippen molar-refractivity contribution in [1.82, 2.24) is 0 Å². The van der Waals surface area contributed by atoms with Crippen LogP contribution in [-0.2, 0) is 0 Å². The quantitative estimate of drug-likeness (QED) is 0.785. The highest BCUT2D eigenvalue weighted by atomic mass is 32.1. The molecule has 1 heterocycles. The maximum atomic E-state index is 12.2. The van der Waals surface area contributed by atoms with Crippen molar-refractivity contribution < 1.29 is 9.90 Å². The normalized spacial score (nSPS) is 11.1. The number of benzene rings is 1. The molecular weight excluding hydrogens is 282 g/mol. The smallest absolute Gasteiger partial charge is 0.265 e. The van der Waals surface area contributed by atoms with Crippen LogP contribution in [0.5, 0.6) is 5.75 Å². The van der Waals surface area contributed by atoms with Gasteiger partial charge < -0.3 is 10.4 Å². The molecule has 0 bridgehead atoms. The monoisotopic (exact) mass is 303 g/mol. The summed E-state index contributed by atoms with van der Waals surface area (Å²) < 4.78 is 0. The fourth-order valence-corrected chi connectivity index (χ4v) is 2.85. The van der Waals surface area contributed by atoms with Crippen molar-refractivity contribution in [2.75, 3.05) is 5.32 Å². The molecule has 0 atom stereocenters. The zero-order chi connectivity index (χ0) is 15.6. The van der Waals surface area contributed by atoms with Crippen LogP contribution in [0, 0.1) is 0 Å². The lowest BCUT2D eigenvalue weighted by Gasteiger charge is -2.17. The first-order chi connectivity index (χ1) is 9.90. The SMILES string of the molecule is CC(C)c1cc(NC(=O)c2cccs2)cc(C(C)C)c1O. The van der Waals surface area contributed by atoms with E-state index in [0.717, 1.165) is 16.8 Å². The highest BCUT2D eigenvalue weighted by Gasteiger charge is 2.16. The van der Waals surface area contributed by atoms with Crippen LogP contribution in [-0.4, -0.2) is 11.0 Å². The average Bonchev–Trinajstić information content (AvgIpc) is 2.93. The van der Waals surface area contributed by atoms with E-state index in [-0.39, 0.29) is 17.7 Å². The molecule has 112 valence electrons. The van der Waals surface area contributed by atoms with Crippen molar-refractivity contribution in [1.29, 1.82) is 0 Å². The Morgan fingerprint density at radius 1 is 1.14 bits per heavy atom. The maximum Gasteiger partial charge on any atom is 0.265 e. The summed E-state index contributed by atoms with van der Waals surface area (Å²) in [4.78, 5) is 12.8. The molecule has 0 fully saturated rings. The van der Waals surface area contributed by atoms with Crippen LogP contribution in [0.15, 0.2) is 29.6 Å². The minimum Gasteiger partial charge on any atom is -0.507 e. The van der Waals surface area contributed by atoms with E-state index in [1.54, 1.807) is 6.07 Å². The molecule has 3 nitrogen and oxygen atoms in total. The summed E-state index contributed by atoms with van der Waals surface area (Å²) in [6.45, 7) is 8.13. The highest BCUT2D eigenvalue weighted by Crippen LogP contribution is 2.36. The predicted octanol–water partition coefficient (Wildman–Crippen LogP) is 4.95. The number of phenolic OH excluding ortho intramolecular Hbond substituents is 1. The van der Waals surface area contributed by atoms with Gasteiger partial charge in [0.2, 0.25) is 0 Å². The molecule has 0 aliphatic heterocycles. The molecule has 21 heavy (non-hydrogen) atoms. The molecule has 2 rings (SSSR count). The van der Waals surface area contributed by atoms with E-state index in [4.69, 9.17) is 0 Å². The van der Waals surface area contributed by atoms with Gasteiger partial charge >= 0.3 is 0 Å². The Kier molecular flexibility index (Phi) is 4.68. The van der Waals surface area contributed by atoms with Crippen molar-refractivity contribution in [3.8, 4) is 5.75 Å². The molecule has 0 unspecified atom stereocenters. The van der Waals surface area contributed by atoms with E-state index in [0.29, 0.717) is 10.6 Å². The number of thiophene rings is 1. The van der Waals surface area contributed by atoms with Crippen LogP contribution in [0.25, 0.3) is 0 Å². The number of rotatable bonds is 4. The Hall–Kier alpha value is -1.81. The number of anilines is 1. The number of amides is 1. The van der Waals surface area contributed by atoms with Gasteiger partial charge in [-0.2, -0.15) is 0 Å². The van der Waals surface area contributed by atoms with E-state index in [1.807, 2.05) is 51.3 Å². The molecule has 1 amide bonds. The van der Waals surface area contributed by atoms with Gasteiger partial charge in [-0.3, -0.25) is 4.79 Å². The van der Waals surface area contributed by atoms with Crippen molar-refractivity contribution in [3.05, 3.63) is 45.6 Å². The van der Waals surface area contributed by atoms with Gasteiger partial charge in [0.25, 0.3) is 5.91 Å². The van der Waals surface area contributed by atoms with Crippen LogP contribution in [0.1, 0.15) is 60.3 Å². The van der Waals surface area contributed by atoms with Gasteiger partial charge in [0.15, 0.2) is 0 Å². The Bertz CT molecular complexity index is 601. The highest BCUT2D eigenvalue weighted by molar-refractivity contribution is 7.12. The molecule has 0 radical (unpaired) electrons. The fraction of sp³-hybridized carbons (Fsp3) is 0.353. The Morgan fingerprint density at radius 2 is 1.71 bits per heavy atom. The first kappa shape index (κ1) is 15.6. The summed E-state index contributed by atoms with van der Waals surface area (Å²) in [6.07, 6.45) is 0. The molecule has 1 aromatic carbocycles. The van der Waals surface area contributed by atoms with Crippen molar-refractivity contribution >= 4 is 22.9 Å². The number of aromatic hydroxyl groups is 1. The van der Waals surface area contributed by atoms with Crippen LogP contribution in [0.3, 0.4) is 0 Å². The molecule has 1 aromatic heterocycles. The molecule has 0 aliphatic carbocycles. The lowest BCUT2D eigenvalue weighted by molar-refractivity contribution is 0.103. The van der Waals surface area contributed by atoms with Gasteiger partial charge in [-0.15, -0.1) is 11.3 Å². The van der Waals surface area contributed by atoms with Gasteiger partial charge in [0.1, 0.15) is 5.75 Å². The zero-order valence-corrected chi connectivity index (χ0v) is 13.6. The second kappa shape index (κ2) is 6.31. The Labute approximate surface area is 129 Å². The zero-order valence-electron chi connectivity index (χ0n) is 12.8. The third-order valence-electron chi connectivity index (χ3n) is 3.42. The lowest BCUT2D eigenvalue weighted by atomic mass is 9.93. The standard InChI is InChI=1S/C17H21NO2S/c1-10(2)13-8-12(9-14(11(3)4)16(13)19)18-17(20)15-6-5-7-21-15/h5-11,19H,1-4H3,(H,18,20). The first-order valence-electron chi connectivity index (χ1n) is 7.11. The minimum atomic E-state index is -0.111. The van der Waals surface area contributed by atoms with Gasteiger partial charge in [0.05, 0.1) is 4.88 Å². The van der Waals surface area contributed by atoms with Crippen molar-refractivity contribution in [2.45, 2.75) is 39.5 Å². The number of phenols is 1. The van der Waals surface area contributed by atoms with Crippen molar-refractivity contribution in [2.24, 2.45) is 0 Å². The Morgan fingerprint density at radius 3 is 2.14 bits per heavy atom. The molecule has 4 heteroatoms. The number of carbonyl (C=O) groups is 1. The van der Waals surface area contributed by atoms with Gasteiger partial charge in [0, 0.05) is 5.69 Å². The summed E-state index contributed by atoms with van der Waals surface area (Å²) in [5.74, 6) is 0.622. The summed E-state index contributed by atoms with van der Waals surface area (Å²) >= 11 is 1.41. The number of hydrogen-bond acceptors (Lipinski definition) is 3. The third-order valence-corrected chi connectivity index (χ3v) is 4.28. The summed E-state index contributed by atoms with van der Waals surface area (Å²) in [7, 11) is 0. The molecule has 0 aliphatic rings. The maximum absolute atomic E-state index is 12.2. The second-order valence-electron chi connectivity index (χ2n) is 5.74. The fourth-order valence-electron chi connectivity index (χ4n) is 2.23. The number of nitrogens with one attached hydrogen (secondary N) is 1. The molecule has 0 saturated carbocycles. The van der Waals surface area contributed by atoms with Crippen LogP contribution >= 0.6 is 11.3 Å². The molecule has 2 aromatic rings. The third kappa shape index (κ3) is 3.45. The summed E-state index contributed by atoms with van der Waals surface area (Å²) in [5, 5.41) is 15.2. The van der Waals surface area contributed by atoms with E-state index in [9.17, 15) is 9.90 Å². The van der Waals surface area contributed by atoms with Crippen molar-refractivity contribution in [3.63, 3.8) is 0 Å². The topological polar surface area (TPSA) is 49.3 Å². The van der Waals surface area contributed by atoms with E-state index in [1.165, 1.54) is 11.3 Å². The number of carbonyl (C=O) groups excluding carboxylic acids is 1. The second-order valence-corrected chi connectivity index (χ2v) is 6.69. The average molecular weight is 303 g/mol.